The molecule has 0 amide bonds. The first-order chi connectivity index (χ1) is 9.06. The lowest BCUT2D eigenvalue weighted by atomic mass is 9.86. The molecule has 0 atom stereocenters. The van der Waals surface area contributed by atoms with Gasteiger partial charge in [0.1, 0.15) is 12.4 Å². The van der Waals surface area contributed by atoms with Crippen molar-refractivity contribution in [3.05, 3.63) is 22.5 Å². The molecule has 1 aromatic rings. The molecule has 1 fully saturated rings. The molecule has 0 radical (unpaired) electrons. The molecule has 0 unspecified atom stereocenters. The molecule has 102 valence electrons. The molecule has 0 saturated heterocycles. The van der Waals surface area contributed by atoms with E-state index in [1.54, 1.807) is 0 Å². The molecule has 8 nitrogen and oxygen atoms in total. The van der Waals surface area contributed by atoms with Gasteiger partial charge in [0.15, 0.2) is 0 Å². The summed E-state index contributed by atoms with van der Waals surface area (Å²) in [6.45, 7) is 0. The van der Waals surface area contributed by atoms with Gasteiger partial charge in [0.25, 0.3) is 0 Å². The summed E-state index contributed by atoms with van der Waals surface area (Å²) < 4.78 is 0. The van der Waals surface area contributed by atoms with E-state index in [1.165, 1.54) is 0 Å². The molecule has 1 aliphatic carbocycles. The van der Waals surface area contributed by atoms with Crippen molar-refractivity contribution in [1.82, 2.24) is 9.97 Å². The second kappa shape index (κ2) is 5.59. The van der Waals surface area contributed by atoms with E-state index in [1.807, 2.05) is 0 Å². The van der Waals surface area contributed by atoms with E-state index in [9.17, 15) is 14.9 Å². The van der Waals surface area contributed by atoms with Gasteiger partial charge in [-0.15, -0.1) is 0 Å². The lowest BCUT2D eigenvalue weighted by Crippen LogP contribution is -2.29. The second-order valence-corrected chi connectivity index (χ2v) is 4.55. The van der Waals surface area contributed by atoms with Gasteiger partial charge in [0.2, 0.25) is 5.95 Å². The molecule has 0 spiro atoms. The van der Waals surface area contributed by atoms with Crippen molar-refractivity contribution < 1.29 is 14.8 Å². The molecule has 1 aromatic heterocycles. The Morgan fingerprint density at radius 2 is 1.89 bits per heavy atom. The quantitative estimate of drug-likeness (QED) is 0.625. The number of hydrogen-bond acceptors (Lipinski definition) is 6. The van der Waals surface area contributed by atoms with Crippen molar-refractivity contribution in [2.45, 2.75) is 31.7 Å². The third-order valence-electron chi connectivity index (χ3n) is 3.26. The number of aliphatic carboxylic acids is 1. The molecule has 1 aliphatic rings. The molecular weight excluding hydrogens is 252 g/mol. The van der Waals surface area contributed by atoms with Crippen LogP contribution in [0.25, 0.3) is 0 Å². The molecule has 2 N–H and O–H groups in total. The van der Waals surface area contributed by atoms with Gasteiger partial charge in [0.05, 0.1) is 10.8 Å². The molecule has 1 heterocycles. The highest BCUT2D eigenvalue weighted by Crippen LogP contribution is 2.26. The molecule has 2 rings (SSSR count). The molecule has 19 heavy (non-hydrogen) atoms. The largest absolute Gasteiger partial charge is 0.481 e. The van der Waals surface area contributed by atoms with Gasteiger partial charge in [-0.05, 0) is 25.7 Å². The lowest BCUT2D eigenvalue weighted by Gasteiger charge is -2.26. The lowest BCUT2D eigenvalue weighted by molar-refractivity contribution is -0.385. The first-order valence-corrected chi connectivity index (χ1v) is 6.02. The van der Waals surface area contributed by atoms with Crippen LogP contribution in [-0.4, -0.2) is 32.0 Å². The SMILES string of the molecule is O=C(O)C1CCC(Nc2ncc([N+](=O)[O-])cn2)CC1. The summed E-state index contributed by atoms with van der Waals surface area (Å²) in [5.74, 6) is -0.676. The number of nitrogens with zero attached hydrogens (tertiary/aromatic N) is 3. The van der Waals surface area contributed by atoms with Gasteiger partial charge < -0.3 is 10.4 Å². The Morgan fingerprint density at radius 3 is 2.37 bits per heavy atom. The number of hydrogen-bond donors (Lipinski definition) is 2. The normalized spacial score (nSPS) is 22.7. The first-order valence-electron chi connectivity index (χ1n) is 6.02. The van der Waals surface area contributed by atoms with Crippen LogP contribution in [0.5, 0.6) is 0 Å². The second-order valence-electron chi connectivity index (χ2n) is 4.55. The summed E-state index contributed by atoms with van der Waals surface area (Å²) in [5, 5.41) is 22.4. The Hall–Kier alpha value is -2.25. The highest BCUT2D eigenvalue weighted by atomic mass is 16.6. The van der Waals surface area contributed by atoms with Crippen LogP contribution in [-0.2, 0) is 4.79 Å². The van der Waals surface area contributed by atoms with Crippen molar-refractivity contribution in [1.29, 1.82) is 0 Å². The van der Waals surface area contributed by atoms with Gasteiger partial charge in [0, 0.05) is 6.04 Å². The minimum absolute atomic E-state index is 0.122. The Morgan fingerprint density at radius 1 is 1.32 bits per heavy atom. The molecule has 0 aliphatic heterocycles. The molecule has 8 heteroatoms. The van der Waals surface area contributed by atoms with E-state index in [4.69, 9.17) is 5.11 Å². The zero-order chi connectivity index (χ0) is 13.8. The van der Waals surface area contributed by atoms with Crippen molar-refractivity contribution in [3.8, 4) is 0 Å². The average molecular weight is 266 g/mol. The summed E-state index contributed by atoms with van der Waals surface area (Å²) in [4.78, 5) is 28.4. The van der Waals surface area contributed by atoms with Crippen molar-refractivity contribution in [3.63, 3.8) is 0 Å². The maximum Gasteiger partial charge on any atom is 0.306 e. The van der Waals surface area contributed by atoms with Gasteiger partial charge >= 0.3 is 11.7 Å². The fraction of sp³-hybridized carbons (Fsp3) is 0.545. The number of aromatic nitrogens is 2. The van der Waals surface area contributed by atoms with Gasteiger partial charge in [-0.25, -0.2) is 9.97 Å². The van der Waals surface area contributed by atoms with Crippen LogP contribution < -0.4 is 5.32 Å². The predicted molar refractivity (Wildman–Crippen MR) is 65.7 cm³/mol. The summed E-state index contributed by atoms with van der Waals surface area (Å²) in [7, 11) is 0. The number of carbonyl (C=O) groups is 1. The highest BCUT2D eigenvalue weighted by Gasteiger charge is 2.26. The third-order valence-corrected chi connectivity index (χ3v) is 3.26. The van der Waals surface area contributed by atoms with Crippen molar-refractivity contribution >= 4 is 17.6 Å². The number of nitro groups is 1. The topological polar surface area (TPSA) is 118 Å². The van der Waals surface area contributed by atoms with Crippen LogP contribution in [0.15, 0.2) is 12.4 Å². The maximum atomic E-state index is 10.8. The minimum atomic E-state index is -0.745. The fourth-order valence-electron chi connectivity index (χ4n) is 2.16. The van der Waals surface area contributed by atoms with E-state index in [-0.39, 0.29) is 17.6 Å². The Labute approximate surface area is 109 Å². The van der Waals surface area contributed by atoms with Crippen molar-refractivity contribution in [2.24, 2.45) is 5.92 Å². The molecule has 0 bridgehead atoms. The van der Waals surface area contributed by atoms with Gasteiger partial charge in [-0.3, -0.25) is 14.9 Å². The summed E-state index contributed by atoms with van der Waals surface area (Å²) in [6.07, 6.45) is 5.02. The smallest absolute Gasteiger partial charge is 0.306 e. The number of anilines is 1. The minimum Gasteiger partial charge on any atom is -0.481 e. The highest BCUT2D eigenvalue weighted by molar-refractivity contribution is 5.70. The number of nitrogens with one attached hydrogen (secondary N) is 1. The summed E-state index contributed by atoms with van der Waals surface area (Å²) in [5.41, 5.74) is -0.153. The predicted octanol–water partition coefficient (Wildman–Crippen LogP) is 1.44. The first kappa shape index (κ1) is 13.2. The maximum absolute atomic E-state index is 10.8. The van der Waals surface area contributed by atoms with Crippen molar-refractivity contribution in [2.75, 3.05) is 5.32 Å². The average Bonchev–Trinajstić information content (AvgIpc) is 2.40. The Bertz CT molecular complexity index is 468. The van der Waals surface area contributed by atoms with Crippen LogP contribution in [0.1, 0.15) is 25.7 Å². The van der Waals surface area contributed by atoms with E-state index in [0.717, 1.165) is 25.2 Å². The van der Waals surface area contributed by atoms with Crippen LogP contribution in [0.2, 0.25) is 0 Å². The van der Waals surface area contributed by atoms with E-state index in [2.05, 4.69) is 15.3 Å². The van der Waals surface area contributed by atoms with Gasteiger partial charge in [-0.2, -0.15) is 0 Å². The van der Waals surface area contributed by atoms with Crippen LogP contribution >= 0.6 is 0 Å². The zero-order valence-corrected chi connectivity index (χ0v) is 10.2. The fourth-order valence-corrected chi connectivity index (χ4v) is 2.16. The number of rotatable bonds is 4. The zero-order valence-electron chi connectivity index (χ0n) is 10.2. The van der Waals surface area contributed by atoms with E-state index >= 15 is 0 Å². The molecular formula is C11H14N4O4. The molecule has 0 aromatic carbocycles. The summed E-state index contributed by atoms with van der Waals surface area (Å²) >= 11 is 0. The number of carboxylic acid groups (broad SMARTS) is 1. The third kappa shape index (κ3) is 3.36. The van der Waals surface area contributed by atoms with E-state index in [0.29, 0.717) is 18.8 Å². The Kier molecular flexibility index (Phi) is 3.88. The summed E-state index contributed by atoms with van der Waals surface area (Å²) in [6, 6.07) is 0.122. The molecule has 1 saturated carbocycles. The number of carboxylic acids is 1. The van der Waals surface area contributed by atoms with E-state index < -0.39 is 10.9 Å². The standard InChI is InChI=1S/C11H14N4O4/c16-10(17)7-1-3-8(4-2-7)14-11-12-5-9(6-13-11)15(18)19/h5-8H,1-4H2,(H,16,17)(H,12,13,14). The van der Waals surface area contributed by atoms with Crippen LogP contribution in [0.4, 0.5) is 11.6 Å². The Balaban J connectivity index is 1.88. The van der Waals surface area contributed by atoms with Gasteiger partial charge in [-0.1, -0.05) is 0 Å². The monoisotopic (exact) mass is 266 g/mol. The van der Waals surface area contributed by atoms with Crippen LogP contribution in [0, 0.1) is 16.0 Å². The van der Waals surface area contributed by atoms with Crippen LogP contribution in [0.3, 0.4) is 0 Å².